The first-order valence-electron chi connectivity index (χ1n) is 4.70. The molecule has 0 heterocycles. The number of nitrogens with one attached hydrogen (secondary N) is 1. The highest BCUT2D eigenvalue weighted by molar-refractivity contribution is 6.33. The molecule has 1 aromatic carbocycles. The number of benzene rings is 1. The van der Waals surface area contributed by atoms with Crippen LogP contribution in [0.3, 0.4) is 0 Å². The number of anilines is 1. The number of primary amides is 1. The third kappa shape index (κ3) is 3.81. The molecule has 0 aliphatic rings. The van der Waals surface area contributed by atoms with Crippen LogP contribution in [0.1, 0.15) is 12.0 Å². The van der Waals surface area contributed by atoms with E-state index in [1.54, 1.807) is 0 Å². The largest absolute Gasteiger partial charge is 0.418 e. The lowest BCUT2D eigenvalue weighted by Crippen LogP contribution is -2.18. The van der Waals surface area contributed by atoms with Gasteiger partial charge in [0.15, 0.2) is 0 Å². The average molecular weight is 267 g/mol. The summed E-state index contributed by atoms with van der Waals surface area (Å²) in [6, 6.07) is 3.46. The van der Waals surface area contributed by atoms with E-state index in [2.05, 4.69) is 5.32 Å². The summed E-state index contributed by atoms with van der Waals surface area (Å²) in [6.07, 6.45) is -4.57. The van der Waals surface area contributed by atoms with Gasteiger partial charge in [-0.15, -0.1) is 0 Å². The zero-order valence-electron chi connectivity index (χ0n) is 8.64. The molecule has 3 N–H and O–H groups in total. The van der Waals surface area contributed by atoms with Crippen LogP contribution in [0.25, 0.3) is 0 Å². The van der Waals surface area contributed by atoms with Gasteiger partial charge in [0.25, 0.3) is 0 Å². The standard InChI is InChI=1S/C10H10ClF3N2O/c11-7-3-1-2-6(10(12,13)14)9(7)16-5-4-8(15)17/h1-3,16H,4-5H2,(H2,15,17). The first kappa shape index (κ1) is 13.6. The molecule has 1 amide bonds. The molecule has 0 radical (unpaired) electrons. The fraction of sp³-hybridized carbons (Fsp3) is 0.300. The number of nitrogens with two attached hydrogens (primary N) is 1. The van der Waals surface area contributed by atoms with Gasteiger partial charge in [0.1, 0.15) is 0 Å². The summed E-state index contributed by atoms with van der Waals surface area (Å²) in [7, 11) is 0. The Balaban J connectivity index is 2.92. The van der Waals surface area contributed by atoms with E-state index in [0.29, 0.717) is 0 Å². The average Bonchev–Trinajstić information content (AvgIpc) is 2.18. The highest BCUT2D eigenvalue weighted by Crippen LogP contribution is 2.38. The highest BCUT2D eigenvalue weighted by atomic mass is 35.5. The lowest BCUT2D eigenvalue weighted by Gasteiger charge is -2.15. The van der Waals surface area contributed by atoms with Gasteiger partial charge < -0.3 is 11.1 Å². The van der Waals surface area contributed by atoms with Gasteiger partial charge >= 0.3 is 6.18 Å². The molecule has 94 valence electrons. The predicted octanol–water partition coefficient (Wildman–Crippen LogP) is 2.65. The SMILES string of the molecule is NC(=O)CCNc1c(Cl)cccc1C(F)(F)F. The lowest BCUT2D eigenvalue weighted by atomic mass is 10.1. The maximum absolute atomic E-state index is 12.6. The zero-order chi connectivity index (χ0) is 13.1. The zero-order valence-corrected chi connectivity index (χ0v) is 9.40. The van der Waals surface area contributed by atoms with E-state index in [9.17, 15) is 18.0 Å². The van der Waals surface area contributed by atoms with Crippen LogP contribution in [0, 0.1) is 0 Å². The summed E-state index contributed by atoms with van der Waals surface area (Å²) in [5.74, 6) is -0.599. The molecule has 0 saturated carbocycles. The van der Waals surface area contributed by atoms with E-state index in [-0.39, 0.29) is 23.7 Å². The number of hydrogen-bond acceptors (Lipinski definition) is 2. The van der Waals surface area contributed by atoms with Crippen LogP contribution in [-0.2, 0) is 11.0 Å². The molecule has 0 spiro atoms. The molecule has 0 bridgehead atoms. The first-order chi connectivity index (χ1) is 7.82. The van der Waals surface area contributed by atoms with Crippen LogP contribution in [-0.4, -0.2) is 12.5 Å². The number of hydrogen-bond donors (Lipinski definition) is 2. The van der Waals surface area contributed by atoms with E-state index in [4.69, 9.17) is 17.3 Å². The van der Waals surface area contributed by atoms with Crippen molar-refractivity contribution in [2.75, 3.05) is 11.9 Å². The number of carbonyl (C=O) groups excluding carboxylic acids is 1. The first-order valence-corrected chi connectivity index (χ1v) is 5.08. The van der Waals surface area contributed by atoms with Gasteiger partial charge in [0.2, 0.25) is 5.91 Å². The van der Waals surface area contributed by atoms with Crippen LogP contribution in [0.2, 0.25) is 5.02 Å². The van der Waals surface area contributed by atoms with Crippen LogP contribution in [0.4, 0.5) is 18.9 Å². The van der Waals surface area contributed by atoms with E-state index in [1.807, 2.05) is 0 Å². The van der Waals surface area contributed by atoms with Gasteiger partial charge in [0.05, 0.1) is 16.3 Å². The molecule has 0 aliphatic carbocycles. The number of rotatable bonds is 4. The minimum atomic E-state index is -4.50. The molecule has 0 saturated heterocycles. The summed E-state index contributed by atoms with van der Waals surface area (Å²) in [6.45, 7) is 0.00213. The van der Waals surface area contributed by atoms with E-state index < -0.39 is 17.6 Å². The van der Waals surface area contributed by atoms with Gasteiger partial charge in [0, 0.05) is 13.0 Å². The fourth-order valence-electron chi connectivity index (χ4n) is 1.25. The Morgan fingerprint density at radius 2 is 2.06 bits per heavy atom. The van der Waals surface area contributed by atoms with Crippen molar-refractivity contribution in [3.63, 3.8) is 0 Å². The smallest absolute Gasteiger partial charge is 0.383 e. The van der Waals surface area contributed by atoms with Crippen LogP contribution in [0.5, 0.6) is 0 Å². The summed E-state index contributed by atoms with van der Waals surface area (Å²) in [4.78, 5) is 10.5. The maximum Gasteiger partial charge on any atom is 0.418 e. The number of carbonyl (C=O) groups is 1. The normalized spacial score (nSPS) is 11.3. The van der Waals surface area contributed by atoms with Crippen molar-refractivity contribution in [2.45, 2.75) is 12.6 Å². The van der Waals surface area contributed by atoms with Crippen molar-refractivity contribution in [3.05, 3.63) is 28.8 Å². The molecule has 0 atom stereocenters. The Morgan fingerprint density at radius 1 is 1.41 bits per heavy atom. The van der Waals surface area contributed by atoms with Gasteiger partial charge in [-0.05, 0) is 12.1 Å². The Morgan fingerprint density at radius 3 is 2.59 bits per heavy atom. The van der Waals surface area contributed by atoms with E-state index in [0.717, 1.165) is 6.07 Å². The number of halogens is 4. The minimum Gasteiger partial charge on any atom is -0.383 e. The minimum absolute atomic E-state index is 0.00213. The van der Waals surface area contributed by atoms with Gasteiger partial charge in [-0.3, -0.25) is 4.79 Å². The second kappa shape index (κ2) is 5.27. The van der Waals surface area contributed by atoms with Crippen molar-refractivity contribution in [1.29, 1.82) is 0 Å². The topological polar surface area (TPSA) is 55.1 Å². The van der Waals surface area contributed by atoms with Crippen LogP contribution < -0.4 is 11.1 Å². The molecule has 0 unspecified atom stereocenters. The molecule has 1 rings (SSSR count). The Labute approximate surface area is 101 Å². The summed E-state index contributed by atoms with van der Waals surface area (Å²) >= 11 is 5.67. The summed E-state index contributed by atoms with van der Waals surface area (Å²) in [5.41, 5.74) is 3.78. The molecule has 0 aromatic heterocycles. The van der Waals surface area contributed by atoms with Gasteiger partial charge in [-0.2, -0.15) is 13.2 Å². The summed E-state index contributed by atoms with van der Waals surface area (Å²) < 4.78 is 37.9. The number of para-hydroxylation sites is 1. The molecule has 1 aromatic rings. The van der Waals surface area contributed by atoms with Gasteiger partial charge in [-0.1, -0.05) is 17.7 Å². The van der Waals surface area contributed by atoms with Gasteiger partial charge in [-0.25, -0.2) is 0 Å². The van der Waals surface area contributed by atoms with Crippen molar-refractivity contribution < 1.29 is 18.0 Å². The quantitative estimate of drug-likeness (QED) is 0.880. The van der Waals surface area contributed by atoms with Crippen LogP contribution in [0.15, 0.2) is 18.2 Å². The third-order valence-corrected chi connectivity index (χ3v) is 2.31. The van der Waals surface area contributed by atoms with Crippen molar-refractivity contribution >= 4 is 23.2 Å². The van der Waals surface area contributed by atoms with Crippen molar-refractivity contribution in [3.8, 4) is 0 Å². The predicted molar refractivity (Wildman–Crippen MR) is 58.8 cm³/mol. The van der Waals surface area contributed by atoms with E-state index in [1.165, 1.54) is 12.1 Å². The molecule has 17 heavy (non-hydrogen) atoms. The Hall–Kier alpha value is -1.43. The number of alkyl halides is 3. The molecule has 0 fully saturated rings. The second-order valence-corrected chi connectivity index (χ2v) is 3.71. The Bertz CT molecular complexity index is 421. The van der Waals surface area contributed by atoms with Crippen LogP contribution >= 0.6 is 11.6 Å². The highest BCUT2D eigenvalue weighted by Gasteiger charge is 2.34. The molecule has 0 aliphatic heterocycles. The molecular weight excluding hydrogens is 257 g/mol. The monoisotopic (exact) mass is 266 g/mol. The molecular formula is C10H10ClF3N2O. The van der Waals surface area contributed by atoms with Crippen molar-refractivity contribution in [2.24, 2.45) is 5.73 Å². The van der Waals surface area contributed by atoms with E-state index >= 15 is 0 Å². The Kier molecular flexibility index (Phi) is 4.22. The summed E-state index contributed by atoms with van der Waals surface area (Å²) in [5, 5.41) is 2.42. The maximum atomic E-state index is 12.6. The fourth-order valence-corrected chi connectivity index (χ4v) is 1.49. The molecule has 7 heteroatoms. The van der Waals surface area contributed by atoms with Crippen molar-refractivity contribution in [1.82, 2.24) is 0 Å². The lowest BCUT2D eigenvalue weighted by molar-refractivity contribution is -0.137. The second-order valence-electron chi connectivity index (χ2n) is 3.30. The number of amides is 1. The molecule has 3 nitrogen and oxygen atoms in total. The third-order valence-electron chi connectivity index (χ3n) is 1.99.